The highest BCUT2D eigenvalue weighted by atomic mass is 32.2. The quantitative estimate of drug-likeness (QED) is 0.810. The molecule has 0 saturated heterocycles. The highest BCUT2D eigenvalue weighted by Gasteiger charge is 2.22. The Morgan fingerprint density at radius 1 is 1.08 bits per heavy atom. The molecule has 0 radical (unpaired) electrons. The zero-order chi connectivity index (χ0) is 17.9. The summed E-state index contributed by atoms with van der Waals surface area (Å²) in [5.41, 5.74) is 8.74. The molecule has 2 nitrogen and oxygen atoms in total. The Morgan fingerprint density at radius 2 is 1.88 bits per heavy atom. The molecule has 0 amide bonds. The van der Waals surface area contributed by atoms with Gasteiger partial charge >= 0.3 is 0 Å². The molecule has 1 heterocycles. The van der Waals surface area contributed by atoms with Gasteiger partial charge in [-0.15, -0.1) is 0 Å². The predicted molar refractivity (Wildman–Crippen MR) is 113 cm³/mol. The molecule has 1 aliphatic heterocycles. The van der Waals surface area contributed by atoms with E-state index in [2.05, 4.69) is 60.6 Å². The topological polar surface area (TPSA) is 24.4 Å². The van der Waals surface area contributed by atoms with Gasteiger partial charge in [0.15, 0.2) is 5.17 Å². The summed E-state index contributed by atoms with van der Waals surface area (Å²) < 4.78 is 0. The normalized spacial score (nSPS) is 17.5. The van der Waals surface area contributed by atoms with Gasteiger partial charge in [-0.2, -0.15) is 0 Å². The molecular weight excluding hydrogens is 336 g/mol. The minimum Gasteiger partial charge on any atom is -0.358 e. The molecule has 0 aromatic heterocycles. The average Bonchev–Trinajstić information content (AvgIpc) is 3.13. The van der Waals surface area contributed by atoms with Crippen molar-refractivity contribution in [3.8, 4) is 0 Å². The third-order valence-electron chi connectivity index (χ3n) is 5.41. The van der Waals surface area contributed by atoms with Gasteiger partial charge in [0.05, 0.1) is 12.6 Å². The Bertz CT molecular complexity index is 805. The SMILES string of the molecule is Cc1cc(C)cc(CC(NC2=NCCS2)c2cccc3c2CCCC3)c1. The number of amidine groups is 1. The number of nitrogens with zero attached hydrogens (tertiary/aromatic N) is 1. The van der Waals surface area contributed by atoms with Crippen LogP contribution in [0.15, 0.2) is 41.4 Å². The van der Waals surface area contributed by atoms with Crippen LogP contribution in [-0.4, -0.2) is 17.5 Å². The van der Waals surface area contributed by atoms with Crippen molar-refractivity contribution in [2.75, 3.05) is 12.3 Å². The maximum Gasteiger partial charge on any atom is 0.157 e. The molecule has 0 bridgehead atoms. The van der Waals surface area contributed by atoms with Crippen molar-refractivity contribution in [2.45, 2.75) is 52.0 Å². The molecule has 0 saturated carbocycles. The molecule has 2 aromatic carbocycles. The van der Waals surface area contributed by atoms with Crippen molar-refractivity contribution < 1.29 is 0 Å². The van der Waals surface area contributed by atoms with Crippen LogP contribution in [0.3, 0.4) is 0 Å². The first-order chi connectivity index (χ1) is 12.7. The van der Waals surface area contributed by atoms with Crippen molar-refractivity contribution >= 4 is 16.9 Å². The molecular formula is C23H28N2S. The maximum atomic E-state index is 4.66. The molecule has 1 aliphatic carbocycles. The van der Waals surface area contributed by atoms with Crippen LogP contribution in [0.2, 0.25) is 0 Å². The van der Waals surface area contributed by atoms with Gasteiger partial charge in [-0.3, -0.25) is 4.99 Å². The summed E-state index contributed by atoms with van der Waals surface area (Å²) in [6.07, 6.45) is 6.11. The molecule has 1 atom stereocenters. The monoisotopic (exact) mass is 364 g/mol. The molecule has 3 heteroatoms. The summed E-state index contributed by atoms with van der Waals surface area (Å²) in [7, 11) is 0. The molecule has 0 spiro atoms. The number of fused-ring (bicyclic) bond motifs is 1. The molecule has 136 valence electrons. The van der Waals surface area contributed by atoms with E-state index in [0.717, 1.165) is 23.9 Å². The summed E-state index contributed by atoms with van der Waals surface area (Å²) >= 11 is 1.86. The molecule has 1 N–H and O–H groups in total. The van der Waals surface area contributed by atoms with Gasteiger partial charge in [0.25, 0.3) is 0 Å². The van der Waals surface area contributed by atoms with Gasteiger partial charge in [-0.25, -0.2) is 0 Å². The maximum absolute atomic E-state index is 4.66. The lowest BCUT2D eigenvalue weighted by Gasteiger charge is -2.27. The molecule has 0 fully saturated rings. The van der Waals surface area contributed by atoms with E-state index in [1.807, 2.05) is 11.8 Å². The standard InChI is InChI=1S/C23H28N2S/c1-16-12-17(2)14-18(13-16)15-22(25-23-24-10-11-26-23)21-9-5-7-19-6-3-4-8-20(19)21/h5,7,9,12-14,22H,3-4,6,8,10-11,15H2,1-2H3,(H,24,25). The molecule has 1 unspecified atom stereocenters. The number of aliphatic imine (C=N–C) groups is 1. The van der Waals surface area contributed by atoms with Crippen LogP contribution in [0.5, 0.6) is 0 Å². The smallest absolute Gasteiger partial charge is 0.157 e. The Balaban J connectivity index is 1.69. The minimum atomic E-state index is 0.300. The number of thioether (sulfide) groups is 1. The van der Waals surface area contributed by atoms with Gasteiger partial charge in [-0.1, -0.05) is 59.3 Å². The molecule has 2 aliphatic rings. The van der Waals surface area contributed by atoms with Crippen molar-refractivity contribution in [3.05, 3.63) is 69.8 Å². The fourth-order valence-corrected chi connectivity index (χ4v) is 5.15. The highest BCUT2D eigenvalue weighted by molar-refractivity contribution is 8.14. The van der Waals surface area contributed by atoms with Crippen molar-refractivity contribution in [1.29, 1.82) is 0 Å². The van der Waals surface area contributed by atoms with Crippen LogP contribution in [0, 0.1) is 13.8 Å². The van der Waals surface area contributed by atoms with Crippen LogP contribution in [0.4, 0.5) is 0 Å². The van der Waals surface area contributed by atoms with E-state index in [1.54, 1.807) is 11.1 Å². The number of nitrogens with one attached hydrogen (secondary N) is 1. The van der Waals surface area contributed by atoms with E-state index in [-0.39, 0.29) is 0 Å². The van der Waals surface area contributed by atoms with E-state index in [4.69, 9.17) is 0 Å². The Kier molecular flexibility index (Phi) is 5.35. The Labute approximate surface area is 161 Å². The minimum absolute atomic E-state index is 0.300. The summed E-state index contributed by atoms with van der Waals surface area (Å²) in [6.45, 7) is 5.33. The summed E-state index contributed by atoms with van der Waals surface area (Å²) in [6, 6.07) is 14.1. The third-order valence-corrected chi connectivity index (χ3v) is 6.32. The van der Waals surface area contributed by atoms with E-state index >= 15 is 0 Å². The number of hydrogen-bond acceptors (Lipinski definition) is 3. The lowest BCUT2D eigenvalue weighted by molar-refractivity contribution is 0.616. The second-order valence-corrected chi connectivity index (χ2v) is 8.71. The zero-order valence-corrected chi connectivity index (χ0v) is 16.7. The summed E-state index contributed by atoms with van der Waals surface area (Å²) in [5.74, 6) is 1.10. The summed E-state index contributed by atoms with van der Waals surface area (Å²) in [4.78, 5) is 4.66. The average molecular weight is 365 g/mol. The van der Waals surface area contributed by atoms with Crippen molar-refractivity contribution in [1.82, 2.24) is 5.32 Å². The van der Waals surface area contributed by atoms with Gasteiger partial charge in [-0.05, 0) is 68.2 Å². The fourth-order valence-electron chi connectivity index (χ4n) is 4.37. The number of hydrogen-bond donors (Lipinski definition) is 1. The highest BCUT2D eigenvalue weighted by Crippen LogP contribution is 2.31. The van der Waals surface area contributed by atoms with Crippen molar-refractivity contribution in [2.24, 2.45) is 4.99 Å². The first-order valence-electron chi connectivity index (χ1n) is 9.80. The number of benzene rings is 2. The second kappa shape index (κ2) is 7.87. The van der Waals surface area contributed by atoms with E-state index in [0.29, 0.717) is 6.04 Å². The lowest BCUT2D eigenvalue weighted by atomic mass is 9.84. The van der Waals surface area contributed by atoms with Crippen LogP contribution >= 0.6 is 11.8 Å². The van der Waals surface area contributed by atoms with Gasteiger partial charge < -0.3 is 5.32 Å². The third kappa shape index (κ3) is 3.98. The molecule has 4 rings (SSSR count). The van der Waals surface area contributed by atoms with Gasteiger partial charge in [0, 0.05) is 5.75 Å². The second-order valence-electron chi connectivity index (χ2n) is 7.62. The Hall–Kier alpha value is -1.74. The fraction of sp³-hybridized carbons (Fsp3) is 0.435. The predicted octanol–water partition coefficient (Wildman–Crippen LogP) is 5.16. The zero-order valence-electron chi connectivity index (χ0n) is 15.8. The summed E-state index contributed by atoms with van der Waals surface area (Å²) in [5, 5.41) is 4.90. The first kappa shape index (κ1) is 17.7. The van der Waals surface area contributed by atoms with E-state index in [1.165, 1.54) is 47.9 Å². The van der Waals surface area contributed by atoms with Crippen LogP contribution < -0.4 is 5.32 Å². The molecule has 26 heavy (non-hydrogen) atoms. The Morgan fingerprint density at radius 3 is 2.65 bits per heavy atom. The molecule has 2 aromatic rings. The van der Waals surface area contributed by atoms with Crippen molar-refractivity contribution in [3.63, 3.8) is 0 Å². The van der Waals surface area contributed by atoms with Crippen LogP contribution in [0.25, 0.3) is 0 Å². The van der Waals surface area contributed by atoms with Gasteiger partial charge in [0.1, 0.15) is 0 Å². The van der Waals surface area contributed by atoms with Crippen LogP contribution in [-0.2, 0) is 19.3 Å². The van der Waals surface area contributed by atoms with Crippen LogP contribution in [0.1, 0.15) is 52.3 Å². The lowest BCUT2D eigenvalue weighted by Crippen LogP contribution is -2.28. The number of rotatable bonds is 4. The number of aryl methyl sites for hydroxylation is 3. The van der Waals surface area contributed by atoms with E-state index in [9.17, 15) is 0 Å². The van der Waals surface area contributed by atoms with E-state index < -0.39 is 0 Å². The first-order valence-corrected chi connectivity index (χ1v) is 10.8. The largest absolute Gasteiger partial charge is 0.358 e. The van der Waals surface area contributed by atoms with Gasteiger partial charge in [0.2, 0.25) is 0 Å².